The predicted molar refractivity (Wildman–Crippen MR) is 147 cm³/mol. The molecule has 0 saturated carbocycles. The molecule has 2 N–H and O–H groups in total. The zero-order valence-electron chi connectivity index (χ0n) is 22.0. The van der Waals surface area contributed by atoms with Crippen LogP contribution in [0.2, 0.25) is 0 Å². The molecule has 37 heavy (non-hydrogen) atoms. The van der Waals surface area contributed by atoms with Crippen LogP contribution in [0.3, 0.4) is 0 Å². The highest BCUT2D eigenvalue weighted by Gasteiger charge is 2.18. The molecule has 0 aliphatic rings. The zero-order chi connectivity index (χ0) is 26.8. The van der Waals surface area contributed by atoms with Crippen LogP contribution in [-0.4, -0.2) is 36.4 Å². The first kappa shape index (κ1) is 27.6. The summed E-state index contributed by atoms with van der Waals surface area (Å²) >= 11 is 0. The Kier molecular flexibility index (Phi) is 10.0. The highest BCUT2D eigenvalue weighted by molar-refractivity contribution is 6.03. The van der Waals surface area contributed by atoms with Gasteiger partial charge in [-0.3, -0.25) is 9.59 Å². The van der Waals surface area contributed by atoms with Gasteiger partial charge < -0.3 is 29.2 Å². The number of amides is 1. The van der Waals surface area contributed by atoms with E-state index in [9.17, 15) is 14.7 Å². The second-order valence-electron chi connectivity index (χ2n) is 8.83. The van der Waals surface area contributed by atoms with E-state index in [4.69, 9.17) is 14.2 Å². The lowest BCUT2D eigenvalue weighted by atomic mass is 10.1. The Morgan fingerprint density at radius 1 is 1.00 bits per heavy atom. The Morgan fingerprint density at radius 3 is 2.49 bits per heavy atom. The summed E-state index contributed by atoms with van der Waals surface area (Å²) in [5, 5.41) is 13.2. The van der Waals surface area contributed by atoms with E-state index in [-0.39, 0.29) is 23.0 Å². The molecule has 1 aromatic heterocycles. The van der Waals surface area contributed by atoms with Crippen LogP contribution in [0.5, 0.6) is 23.0 Å². The lowest BCUT2D eigenvalue weighted by Gasteiger charge is -2.16. The maximum atomic E-state index is 13.1. The number of unbranched alkanes of at least 4 members (excludes halogenated alkanes) is 5. The first-order valence-corrected chi connectivity index (χ1v) is 12.6. The van der Waals surface area contributed by atoms with Crippen LogP contribution in [-0.2, 0) is 11.8 Å². The summed E-state index contributed by atoms with van der Waals surface area (Å²) in [6.07, 6.45) is 9.77. The number of aromatic nitrogens is 1. The lowest BCUT2D eigenvalue weighted by molar-refractivity contribution is -0.111. The van der Waals surface area contributed by atoms with Gasteiger partial charge in [0.25, 0.3) is 5.56 Å². The fraction of sp³-hybridized carbons (Fsp3) is 0.379. The van der Waals surface area contributed by atoms with Gasteiger partial charge in [-0.2, -0.15) is 0 Å². The van der Waals surface area contributed by atoms with E-state index in [0.29, 0.717) is 40.3 Å². The van der Waals surface area contributed by atoms with Crippen LogP contribution in [0.25, 0.3) is 17.0 Å². The standard InChI is InChI=1S/C29H36N2O6/c1-5-6-7-8-9-10-17-37-28-27(36-4)22-14-13-21(19-23(22)31(2)29(28)34)30-26(33)16-12-20-11-15-24(32)25(18-20)35-3/h11-16,18-19,32H,5-10,17H2,1-4H3,(H,30,33). The van der Waals surface area contributed by atoms with Crippen LogP contribution in [0.15, 0.2) is 47.3 Å². The minimum Gasteiger partial charge on any atom is -0.504 e. The SMILES string of the molecule is CCCCCCCCOc1c(OC)c2ccc(NC(=O)C=Cc3ccc(O)c(OC)c3)cc2n(C)c1=O. The van der Waals surface area contributed by atoms with Crippen molar-refractivity contribution in [3.63, 3.8) is 0 Å². The van der Waals surface area contributed by atoms with E-state index in [1.54, 1.807) is 43.5 Å². The molecule has 198 valence electrons. The summed E-state index contributed by atoms with van der Waals surface area (Å²) in [6.45, 7) is 2.65. The number of phenols is 1. The predicted octanol–water partition coefficient (Wildman–Crippen LogP) is 5.65. The number of nitrogens with one attached hydrogen (secondary N) is 1. The van der Waals surface area contributed by atoms with E-state index < -0.39 is 0 Å². The van der Waals surface area contributed by atoms with E-state index >= 15 is 0 Å². The van der Waals surface area contributed by atoms with E-state index in [2.05, 4.69) is 12.2 Å². The third-order valence-electron chi connectivity index (χ3n) is 6.16. The summed E-state index contributed by atoms with van der Waals surface area (Å²) in [5.74, 6) is 0.597. The van der Waals surface area contributed by atoms with Gasteiger partial charge in [0.05, 0.1) is 26.3 Å². The van der Waals surface area contributed by atoms with Gasteiger partial charge in [0.15, 0.2) is 17.2 Å². The molecule has 1 amide bonds. The molecule has 1 heterocycles. The topological polar surface area (TPSA) is 99.0 Å². The number of fused-ring (bicyclic) bond motifs is 1. The Balaban J connectivity index is 1.74. The molecule has 0 bridgehead atoms. The van der Waals surface area contributed by atoms with Gasteiger partial charge >= 0.3 is 0 Å². The van der Waals surface area contributed by atoms with Crippen molar-refractivity contribution in [2.24, 2.45) is 7.05 Å². The van der Waals surface area contributed by atoms with E-state index in [0.717, 1.165) is 19.3 Å². The van der Waals surface area contributed by atoms with Crippen molar-refractivity contribution in [1.29, 1.82) is 0 Å². The van der Waals surface area contributed by atoms with Crippen molar-refractivity contribution in [1.82, 2.24) is 4.57 Å². The van der Waals surface area contributed by atoms with Crippen LogP contribution in [0.1, 0.15) is 51.0 Å². The summed E-state index contributed by atoms with van der Waals surface area (Å²) in [5.41, 5.74) is 1.55. The Labute approximate surface area is 217 Å². The molecule has 0 saturated heterocycles. The number of hydrogen-bond acceptors (Lipinski definition) is 6. The Hall–Kier alpha value is -3.94. The number of anilines is 1. The first-order chi connectivity index (χ1) is 17.9. The number of ether oxygens (including phenoxy) is 3. The molecule has 0 fully saturated rings. The molecular formula is C29H36N2O6. The lowest BCUT2D eigenvalue weighted by Crippen LogP contribution is -2.21. The van der Waals surface area contributed by atoms with Gasteiger partial charge in [-0.25, -0.2) is 0 Å². The maximum Gasteiger partial charge on any atom is 0.297 e. The molecule has 3 aromatic rings. The highest BCUT2D eigenvalue weighted by atomic mass is 16.5. The van der Waals surface area contributed by atoms with E-state index in [1.807, 2.05) is 0 Å². The van der Waals surface area contributed by atoms with Gasteiger partial charge in [-0.05, 0) is 48.4 Å². The number of hydrogen-bond donors (Lipinski definition) is 2. The van der Waals surface area contributed by atoms with Gasteiger partial charge in [-0.1, -0.05) is 45.1 Å². The monoisotopic (exact) mass is 508 g/mol. The van der Waals surface area contributed by atoms with Gasteiger partial charge in [0, 0.05) is 24.2 Å². The molecular weight excluding hydrogens is 472 g/mol. The number of benzene rings is 2. The quantitative estimate of drug-likeness (QED) is 0.229. The van der Waals surface area contributed by atoms with Crippen LogP contribution in [0, 0.1) is 0 Å². The summed E-state index contributed by atoms with van der Waals surface area (Å²) < 4.78 is 18.1. The first-order valence-electron chi connectivity index (χ1n) is 12.6. The number of methoxy groups -OCH3 is 2. The van der Waals surface area contributed by atoms with Crippen molar-refractivity contribution in [3.05, 3.63) is 58.4 Å². The van der Waals surface area contributed by atoms with Gasteiger partial charge in [-0.15, -0.1) is 0 Å². The van der Waals surface area contributed by atoms with Crippen molar-refractivity contribution < 1.29 is 24.1 Å². The number of aryl methyl sites for hydroxylation is 1. The summed E-state index contributed by atoms with van der Waals surface area (Å²) in [4.78, 5) is 25.6. The summed E-state index contributed by atoms with van der Waals surface area (Å²) in [7, 11) is 4.65. The van der Waals surface area contributed by atoms with Crippen molar-refractivity contribution >= 4 is 28.6 Å². The molecule has 8 nitrogen and oxygen atoms in total. The normalized spacial score (nSPS) is 11.1. The second-order valence-corrected chi connectivity index (χ2v) is 8.83. The Morgan fingerprint density at radius 2 is 1.76 bits per heavy atom. The van der Waals surface area contributed by atoms with Crippen LogP contribution >= 0.6 is 0 Å². The van der Waals surface area contributed by atoms with E-state index in [1.165, 1.54) is 50.2 Å². The molecule has 0 aliphatic heterocycles. The number of aromatic hydroxyl groups is 1. The second kappa shape index (κ2) is 13.4. The largest absolute Gasteiger partial charge is 0.504 e. The molecule has 3 rings (SSSR count). The number of phenolic OH excluding ortho intramolecular Hbond substituents is 1. The fourth-order valence-electron chi connectivity index (χ4n) is 4.10. The number of carbonyl (C=O) groups is 1. The van der Waals surface area contributed by atoms with Crippen LogP contribution < -0.4 is 25.1 Å². The molecule has 0 aliphatic carbocycles. The number of pyridine rings is 1. The third kappa shape index (κ3) is 7.06. The maximum absolute atomic E-state index is 13.1. The molecule has 0 spiro atoms. The average Bonchev–Trinajstić information content (AvgIpc) is 2.90. The van der Waals surface area contributed by atoms with Gasteiger partial charge in [0.2, 0.25) is 11.7 Å². The summed E-state index contributed by atoms with van der Waals surface area (Å²) in [6, 6.07) is 10.1. The van der Waals surface area contributed by atoms with Crippen LogP contribution in [0.4, 0.5) is 5.69 Å². The van der Waals surface area contributed by atoms with Gasteiger partial charge in [0.1, 0.15) is 0 Å². The number of nitrogens with zero attached hydrogens (tertiary/aromatic N) is 1. The van der Waals surface area contributed by atoms with Crippen molar-refractivity contribution in [2.45, 2.75) is 45.4 Å². The minimum atomic E-state index is -0.345. The molecule has 2 aromatic carbocycles. The average molecular weight is 509 g/mol. The molecule has 8 heteroatoms. The third-order valence-corrected chi connectivity index (χ3v) is 6.16. The molecule has 0 atom stereocenters. The molecule has 0 radical (unpaired) electrons. The smallest absolute Gasteiger partial charge is 0.297 e. The number of rotatable bonds is 13. The highest BCUT2D eigenvalue weighted by Crippen LogP contribution is 2.34. The molecule has 0 unspecified atom stereocenters. The van der Waals surface area contributed by atoms with Crippen molar-refractivity contribution in [3.8, 4) is 23.0 Å². The minimum absolute atomic E-state index is 0.0253. The fourth-order valence-corrected chi connectivity index (χ4v) is 4.10. The number of carbonyl (C=O) groups excluding carboxylic acids is 1. The zero-order valence-corrected chi connectivity index (χ0v) is 22.0. The van der Waals surface area contributed by atoms with Crippen molar-refractivity contribution in [2.75, 3.05) is 26.1 Å². The Bertz CT molecular complexity index is 1310.